The highest BCUT2D eigenvalue weighted by Crippen LogP contribution is 2.34. The largest absolute Gasteiger partial charge is 0.479 e. The first-order valence-corrected chi connectivity index (χ1v) is 12.2. The van der Waals surface area contributed by atoms with Gasteiger partial charge in [0.1, 0.15) is 0 Å². The van der Waals surface area contributed by atoms with Gasteiger partial charge >= 0.3 is 18.2 Å². The van der Waals surface area contributed by atoms with Crippen molar-refractivity contribution in [2.45, 2.75) is 18.8 Å². The summed E-state index contributed by atoms with van der Waals surface area (Å²) in [6, 6.07) is 23.1. The van der Waals surface area contributed by atoms with E-state index in [-0.39, 0.29) is 18.1 Å². The summed E-state index contributed by atoms with van der Waals surface area (Å²) >= 11 is 0. The van der Waals surface area contributed by atoms with E-state index in [4.69, 9.17) is 0 Å². The molecule has 0 saturated carbocycles. The summed E-state index contributed by atoms with van der Waals surface area (Å²) in [6.45, 7) is 0.171. The molecule has 1 aliphatic rings. The topological polar surface area (TPSA) is 98.7 Å². The van der Waals surface area contributed by atoms with Gasteiger partial charge in [0.05, 0.1) is 5.56 Å². The third-order valence-electron chi connectivity index (χ3n) is 6.53. The molecule has 4 aromatic rings. The van der Waals surface area contributed by atoms with Crippen LogP contribution in [0, 0.1) is 0 Å². The lowest BCUT2D eigenvalue weighted by Gasteiger charge is -2.24. The minimum atomic E-state index is -4.52. The van der Waals surface area contributed by atoms with Crippen molar-refractivity contribution in [1.29, 1.82) is 0 Å². The molecule has 0 aliphatic carbocycles. The molecule has 40 heavy (non-hydrogen) atoms. The number of hydrogen-bond donors (Lipinski definition) is 3. The Morgan fingerprint density at radius 3 is 2.15 bits per heavy atom. The fourth-order valence-corrected chi connectivity index (χ4v) is 4.62. The van der Waals surface area contributed by atoms with E-state index >= 15 is 0 Å². The lowest BCUT2D eigenvalue weighted by atomic mass is 10.00. The van der Waals surface area contributed by atoms with Crippen molar-refractivity contribution in [3.63, 3.8) is 0 Å². The predicted octanol–water partition coefficient (Wildman–Crippen LogP) is 6.80. The Kier molecular flexibility index (Phi) is 7.00. The van der Waals surface area contributed by atoms with Crippen LogP contribution < -0.4 is 10.6 Å². The molecule has 1 heterocycles. The van der Waals surface area contributed by atoms with Crippen molar-refractivity contribution in [3.05, 3.63) is 119 Å². The lowest BCUT2D eigenvalue weighted by molar-refractivity contribution is -0.142. The molecule has 202 valence electrons. The molecule has 3 amide bonds. The van der Waals surface area contributed by atoms with Gasteiger partial charge in [0.25, 0.3) is 5.91 Å². The number of rotatable bonds is 6. The summed E-state index contributed by atoms with van der Waals surface area (Å²) in [6.07, 6.45) is -4.52. The third kappa shape index (κ3) is 5.51. The van der Waals surface area contributed by atoms with Gasteiger partial charge < -0.3 is 20.6 Å². The Balaban J connectivity index is 1.28. The summed E-state index contributed by atoms with van der Waals surface area (Å²) in [4.78, 5) is 39.0. The summed E-state index contributed by atoms with van der Waals surface area (Å²) in [7, 11) is 0. The Hall–Kier alpha value is -5.12. The number of nitrogens with zero attached hydrogens (tertiary/aromatic N) is 1. The van der Waals surface area contributed by atoms with E-state index in [1.807, 2.05) is 6.07 Å². The second-order valence-electron chi connectivity index (χ2n) is 9.19. The molecule has 0 spiro atoms. The van der Waals surface area contributed by atoms with Crippen molar-refractivity contribution >= 4 is 29.3 Å². The van der Waals surface area contributed by atoms with Crippen molar-refractivity contribution in [1.82, 2.24) is 4.90 Å². The normalized spacial score (nSPS) is 13.5. The first-order chi connectivity index (χ1) is 19.1. The van der Waals surface area contributed by atoms with Crippen LogP contribution in [0.3, 0.4) is 0 Å². The number of carboxylic acids is 1. The fourth-order valence-electron chi connectivity index (χ4n) is 4.62. The Morgan fingerprint density at radius 2 is 1.48 bits per heavy atom. The van der Waals surface area contributed by atoms with Gasteiger partial charge in [-0.25, -0.2) is 9.59 Å². The molecule has 7 nitrogen and oxygen atoms in total. The molecule has 5 rings (SSSR count). The number of hydrogen-bond acceptors (Lipinski definition) is 3. The number of urea groups is 1. The second-order valence-corrected chi connectivity index (χ2v) is 9.19. The number of nitrogens with one attached hydrogen (secondary N) is 2. The number of halogens is 3. The van der Waals surface area contributed by atoms with Crippen LogP contribution in [-0.2, 0) is 17.5 Å². The molecule has 0 aromatic heterocycles. The number of anilines is 2. The van der Waals surface area contributed by atoms with Crippen LogP contribution in [0.5, 0.6) is 0 Å². The molecule has 4 aromatic carbocycles. The maximum atomic E-state index is 13.2. The van der Waals surface area contributed by atoms with Gasteiger partial charge in [-0.2, -0.15) is 13.2 Å². The lowest BCUT2D eigenvalue weighted by Crippen LogP contribution is -2.34. The first-order valence-electron chi connectivity index (χ1n) is 12.2. The average Bonchev–Trinajstić information content (AvgIpc) is 3.24. The van der Waals surface area contributed by atoms with E-state index in [0.29, 0.717) is 16.8 Å². The molecule has 0 radical (unpaired) electrons. The van der Waals surface area contributed by atoms with Crippen LogP contribution in [0.2, 0.25) is 0 Å². The summed E-state index contributed by atoms with van der Waals surface area (Å²) in [5.41, 5.74) is 2.65. The smallest absolute Gasteiger partial charge is 0.416 e. The first kappa shape index (κ1) is 26.5. The number of amides is 3. The molecule has 1 unspecified atom stereocenters. The highest BCUT2D eigenvalue weighted by molar-refractivity contribution is 6.02. The highest BCUT2D eigenvalue weighted by Gasteiger charge is 2.37. The van der Waals surface area contributed by atoms with Gasteiger partial charge in [0.15, 0.2) is 6.04 Å². The van der Waals surface area contributed by atoms with E-state index in [1.54, 1.807) is 66.7 Å². The number of fused-ring (bicyclic) bond motifs is 1. The minimum absolute atomic E-state index is 0.00167. The van der Waals surface area contributed by atoms with Gasteiger partial charge in [-0.05, 0) is 58.7 Å². The van der Waals surface area contributed by atoms with Crippen LogP contribution in [0.25, 0.3) is 11.1 Å². The Morgan fingerprint density at radius 1 is 0.800 bits per heavy atom. The molecule has 0 bridgehead atoms. The van der Waals surface area contributed by atoms with Gasteiger partial charge in [0, 0.05) is 23.5 Å². The number of carbonyl (C=O) groups excluding carboxylic acids is 2. The molecular weight excluding hydrogens is 523 g/mol. The van der Waals surface area contributed by atoms with Crippen molar-refractivity contribution < 1.29 is 32.7 Å². The van der Waals surface area contributed by atoms with Crippen LogP contribution in [0.1, 0.15) is 33.1 Å². The number of carboxylic acid groups (broad SMARTS) is 1. The average molecular weight is 546 g/mol. The van der Waals surface area contributed by atoms with E-state index in [1.165, 1.54) is 17.0 Å². The maximum Gasteiger partial charge on any atom is 0.416 e. The molecular formula is C30H22F3N3O4. The zero-order chi connectivity index (χ0) is 28.4. The van der Waals surface area contributed by atoms with Gasteiger partial charge in [-0.1, -0.05) is 60.7 Å². The quantitative estimate of drug-likeness (QED) is 0.248. The molecule has 3 N–H and O–H groups in total. The summed E-state index contributed by atoms with van der Waals surface area (Å²) in [5, 5.41) is 14.8. The number of aliphatic carboxylic acids is 1. The van der Waals surface area contributed by atoms with Gasteiger partial charge in [-0.15, -0.1) is 0 Å². The van der Waals surface area contributed by atoms with Gasteiger partial charge in [0.2, 0.25) is 0 Å². The Labute approximate surface area is 226 Å². The summed E-state index contributed by atoms with van der Waals surface area (Å²) < 4.78 is 38.7. The van der Waals surface area contributed by atoms with Crippen LogP contribution in [0.4, 0.5) is 29.3 Å². The van der Waals surface area contributed by atoms with E-state index in [9.17, 15) is 32.7 Å². The molecule has 0 saturated heterocycles. The predicted molar refractivity (Wildman–Crippen MR) is 143 cm³/mol. The highest BCUT2D eigenvalue weighted by atomic mass is 19.4. The molecule has 10 heteroatoms. The molecule has 1 aliphatic heterocycles. The van der Waals surface area contributed by atoms with E-state index in [0.717, 1.165) is 28.8 Å². The minimum Gasteiger partial charge on any atom is -0.479 e. The second kappa shape index (κ2) is 10.6. The van der Waals surface area contributed by atoms with Crippen LogP contribution >= 0.6 is 0 Å². The number of alkyl halides is 3. The maximum absolute atomic E-state index is 13.2. The Bertz CT molecular complexity index is 1590. The van der Waals surface area contributed by atoms with Crippen molar-refractivity contribution in [3.8, 4) is 11.1 Å². The van der Waals surface area contributed by atoms with E-state index < -0.39 is 29.8 Å². The third-order valence-corrected chi connectivity index (χ3v) is 6.53. The standard InChI is InChI=1S/C30H22F3N3O4/c31-30(32,33)22-7-4-8-24(16-22)35-29(40)34-23-13-11-18(12-14-23)20-9-10-21-17-36(27(37)25(21)15-20)26(28(38)39)19-5-2-1-3-6-19/h1-16,26H,17H2,(H,38,39)(H2,34,35,40). The SMILES string of the molecule is O=C(Nc1ccc(-c2ccc3c(c2)C(=O)N(C(C(=O)O)c2ccccc2)C3)cc1)Nc1cccc(C(F)(F)F)c1. The number of carbonyl (C=O) groups is 3. The van der Waals surface area contributed by atoms with Gasteiger partial charge in [-0.3, -0.25) is 4.79 Å². The molecule has 1 atom stereocenters. The number of benzene rings is 4. The van der Waals surface area contributed by atoms with Crippen LogP contribution in [-0.4, -0.2) is 27.9 Å². The summed E-state index contributed by atoms with van der Waals surface area (Å²) in [5.74, 6) is -1.49. The van der Waals surface area contributed by atoms with E-state index in [2.05, 4.69) is 10.6 Å². The fraction of sp³-hybridized carbons (Fsp3) is 0.100. The van der Waals surface area contributed by atoms with Crippen LogP contribution in [0.15, 0.2) is 97.1 Å². The zero-order valence-corrected chi connectivity index (χ0v) is 20.8. The van der Waals surface area contributed by atoms with Crippen molar-refractivity contribution in [2.75, 3.05) is 10.6 Å². The molecule has 0 fully saturated rings. The monoisotopic (exact) mass is 545 g/mol. The van der Waals surface area contributed by atoms with Crippen molar-refractivity contribution in [2.24, 2.45) is 0 Å². The zero-order valence-electron chi connectivity index (χ0n) is 20.8.